The minimum atomic E-state index is 0.882. The highest BCUT2D eigenvalue weighted by atomic mass is 15.2. The summed E-state index contributed by atoms with van der Waals surface area (Å²) in [7, 11) is 0. The predicted molar refractivity (Wildman–Crippen MR) is 244 cm³/mol. The highest BCUT2D eigenvalue weighted by Gasteiger charge is 2.09. The van der Waals surface area contributed by atoms with E-state index in [2.05, 4.69) is 175 Å². The molecular formula is C50H64N8. The summed E-state index contributed by atoms with van der Waals surface area (Å²) in [5.74, 6) is 0. The molecule has 8 heteroatoms. The first-order valence-electron chi connectivity index (χ1n) is 21.5. The maximum absolute atomic E-state index is 3.73. The third kappa shape index (κ3) is 13.3. The molecule has 58 heavy (non-hydrogen) atoms. The standard InChI is InChI=1S/C50H64N8/c1-3-13-49-45(7-1)9-5-11-47(49)39-55-27-33-57-29-23-51-35-41-15-19-43(20-16-41)37-53-25-31-58(32-26-54-38-44-21-17-42(18-22-44)36-52-24-30-57)34-28-56-40-48-12-6-10-46-8-2-4-14-50(46)48/h1-22,51-56H,23-40H2. The number of hydrogen-bond donors (Lipinski definition) is 6. The van der Waals surface area contributed by atoms with Crippen molar-refractivity contribution in [1.82, 2.24) is 41.7 Å². The van der Waals surface area contributed by atoms with E-state index in [1.807, 2.05) is 0 Å². The van der Waals surface area contributed by atoms with Crippen LogP contribution in [0.1, 0.15) is 33.4 Å². The van der Waals surface area contributed by atoms with Crippen LogP contribution in [0.25, 0.3) is 21.5 Å². The fraction of sp³-hybridized carbons (Fsp3) is 0.360. The first kappa shape index (κ1) is 41.7. The Hall–Kier alpha value is -4.48. The van der Waals surface area contributed by atoms with Crippen LogP contribution in [0.2, 0.25) is 0 Å². The van der Waals surface area contributed by atoms with Gasteiger partial charge >= 0.3 is 0 Å². The van der Waals surface area contributed by atoms with Crippen molar-refractivity contribution in [1.29, 1.82) is 0 Å². The Kier molecular flexibility index (Phi) is 16.7. The number of nitrogens with zero attached hydrogens (tertiary/aromatic N) is 2. The van der Waals surface area contributed by atoms with Crippen LogP contribution in [0.4, 0.5) is 0 Å². The highest BCUT2D eigenvalue weighted by molar-refractivity contribution is 5.86. The van der Waals surface area contributed by atoms with E-state index in [9.17, 15) is 0 Å². The van der Waals surface area contributed by atoms with E-state index >= 15 is 0 Å². The molecule has 0 radical (unpaired) electrons. The number of nitrogens with one attached hydrogen (secondary N) is 6. The topological polar surface area (TPSA) is 78.7 Å². The average Bonchev–Trinajstić information content (AvgIpc) is 3.27. The summed E-state index contributed by atoms with van der Waals surface area (Å²) in [6.45, 7) is 17.1. The third-order valence-electron chi connectivity index (χ3n) is 11.4. The first-order chi connectivity index (χ1) is 28.8. The van der Waals surface area contributed by atoms with Gasteiger partial charge in [0.15, 0.2) is 0 Å². The van der Waals surface area contributed by atoms with Gasteiger partial charge in [0.05, 0.1) is 0 Å². The van der Waals surface area contributed by atoms with Crippen molar-refractivity contribution < 1.29 is 0 Å². The molecule has 0 unspecified atom stereocenters. The summed E-state index contributed by atoms with van der Waals surface area (Å²) >= 11 is 0. The van der Waals surface area contributed by atoms with Gasteiger partial charge in [-0.15, -0.1) is 0 Å². The number of fused-ring (bicyclic) bond motifs is 2. The lowest BCUT2D eigenvalue weighted by Gasteiger charge is -2.23. The summed E-state index contributed by atoms with van der Waals surface area (Å²) in [5.41, 5.74) is 8.04. The smallest absolute Gasteiger partial charge is 0.0212 e. The number of hydrogen-bond acceptors (Lipinski definition) is 8. The van der Waals surface area contributed by atoms with E-state index < -0.39 is 0 Å². The molecule has 0 atom stereocenters. The van der Waals surface area contributed by atoms with Crippen molar-refractivity contribution in [2.24, 2.45) is 0 Å². The Labute approximate surface area is 346 Å². The fourth-order valence-corrected chi connectivity index (χ4v) is 7.91. The number of rotatable bonds is 10. The lowest BCUT2D eigenvalue weighted by Crippen LogP contribution is -2.40. The molecule has 4 aliphatic heterocycles. The van der Waals surface area contributed by atoms with Gasteiger partial charge in [-0.3, -0.25) is 9.80 Å². The maximum Gasteiger partial charge on any atom is 0.0212 e. The summed E-state index contributed by atoms with van der Waals surface area (Å²) in [6, 6.07) is 48.8. The zero-order chi connectivity index (χ0) is 39.5. The van der Waals surface area contributed by atoms with Crippen LogP contribution < -0.4 is 31.9 Å². The van der Waals surface area contributed by atoms with E-state index in [1.54, 1.807) is 0 Å². The van der Waals surface area contributed by atoms with E-state index in [-0.39, 0.29) is 0 Å². The van der Waals surface area contributed by atoms with Crippen molar-refractivity contribution in [3.63, 3.8) is 0 Å². The molecule has 304 valence electrons. The molecule has 0 amide bonds. The van der Waals surface area contributed by atoms with E-state index in [0.29, 0.717) is 0 Å². The van der Waals surface area contributed by atoms with Gasteiger partial charge in [0, 0.05) is 118 Å². The van der Waals surface area contributed by atoms with Crippen LogP contribution in [0.15, 0.2) is 133 Å². The van der Waals surface area contributed by atoms with E-state index in [4.69, 9.17) is 0 Å². The molecule has 6 N–H and O–H groups in total. The molecule has 0 aromatic heterocycles. The average molecular weight is 777 g/mol. The van der Waals surface area contributed by atoms with Gasteiger partial charge < -0.3 is 31.9 Å². The monoisotopic (exact) mass is 777 g/mol. The van der Waals surface area contributed by atoms with Crippen LogP contribution >= 0.6 is 0 Å². The zero-order valence-corrected chi connectivity index (χ0v) is 34.3. The van der Waals surface area contributed by atoms with Crippen molar-refractivity contribution in [3.8, 4) is 0 Å². The molecule has 0 saturated carbocycles. The zero-order valence-electron chi connectivity index (χ0n) is 34.3. The van der Waals surface area contributed by atoms with Gasteiger partial charge in [0.1, 0.15) is 0 Å². The second-order valence-electron chi connectivity index (χ2n) is 15.7. The first-order valence-corrected chi connectivity index (χ1v) is 21.5. The second kappa shape index (κ2) is 23.2. The lowest BCUT2D eigenvalue weighted by molar-refractivity contribution is 0.271. The van der Waals surface area contributed by atoms with Gasteiger partial charge in [0.25, 0.3) is 0 Å². The Bertz CT molecular complexity index is 1860. The summed E-state index contributed by atoms with van der Waals surface area (Å²) in [4.78, 5) is 5.15. The molecule has 0 aliphatic carbocycles. The third-order valence-corrected chi connectivity index (χ3v) is 11.4. The van der Waals surface area contributed by atoms with Crippen LogP contribution in [0.3, 0.4) is 0 Å². The normalized spacial score (nSPS) is 16.3. The number of benzene rings is 6. The highest BCUT2D eigenvalue weighted by Crippen LogP contribution is 2.19. The molecule has 6 aromatic carbocycles. The van der Waals surface area contributed by atoms with Crippen molar-refractivity contribution >= 4 is 21.5 Å². The largest absolute Gasteiger partial charge is 0.311 e. The molecule has 6 aromatic rings. The Morgan fingerprint density at radius 2 is 0.707 bits per heavy atom. The molecule has 0 spiro atoms. The Balaban J connectivity index is 0.896. The summed E-state index contributed by atoms with van der Waals surface area (Å²) < 4.78 is 0. The molecular weight excluding hydrogens is 713 g/mol. The quantitative estimate of drug-likeness (QED) is 0.0914. The van der Waals surface area contributed by atoms with Crippen molar-refractivity contribution in [2.45, 2.75) is 39.3 Å². The van der Waals surface area contributed by atoms with Gasteiger partial charge in [-0.1, -0.05) is 133 Å². The minimum absolute atomic E-state index is 0.882. The minimum Gasteiger partial charge on any atom is -0.311 e. The van der Waals surface area contributed by atoms with Crippen molar-refractivity contribution in [3.05, 3.63) is 167 Å². The summed E-state index contributed by atoms with van der Waals surface area (Å²) in [6.07, 6.45) is 0. The van der Waals surface area contributed by atoms with Gasteiger partial charge in [-0.05, 0) is 54.9 Å². The lowest BCUT2D eigenvalue weighted by atomic mass is 10.0. The van der Waals surface area contributed by atoms with Gasteiger partial charge in [-0.25, -0.2) is 0 Å². The van der Waals surface area contributed by atoms with Crippen LogP contribution in [-0.2, 0) is 39.3 Å². The molecule has 0 fully saturated rings. The SMILES string of the molecule is c1ccc2c(CNCCN3CCNCc4ccc(cc4)CNCCN(CCNCc4cccc5ccccc45)CCNCc4ccc(cc4)CNCC3)cccc2c1. The maximum atomic E-state index is 3.73. The predicted octanol–water partition coefficient (Wildman–Crippen LogP) is 6.25. The fourth-order valence-electron chi connectivity index (χ4n) is 7.91. The molecule has 10 rings (SSSR count). The van der Waals surface area contributed by atoms with Crippen LogP contribution in [0, 0.1) is 0 Å². The second-order valence-corrected chi connectivity index (χ2v) is 15.7. The van der Waals surface area contributed by atoms with Crippen molar-refractivity contribution in [2.75, 3.05) is 78.5 Å². The molecule has 0 saturated heterocycles. The van der Waals surface area contributed by atoms with Crippen LogP contribution in [-0.4, -0.2) is 88.3 Å². The molecule has 4 heterocycles. The molecule has 8 nitrogen and oxygen atoms in total. The Morgan fingerprint density at radius 1 is 0.379 bits per heavy atom. The van der Waals surface area contributed by atoms with Gasteiger partial charge in [-0.2, -0.15) is 0 Å². The Morgan fingerprint density at radius 3 is 1.07 bits per heavy atom. The van der Waals surface area contributed by atoms with Gasteiger partial charge in [0.2, 0.25) is 0 Å². The molecule has 4 aliphatic rings. The molecule has 4 bridgehead atoms. The van der Waals surface area contributed by atoms with E-state index in [0.717, 1.165) is 118 Å². The summed E-state index contributed by atoms with van der Waals surface area (Å²) in [5, 5.41) is 27.6. The van der Waals surface area contributed by atoms with Crippen LogP contribution in [0.5, 0.6) is 0 Å². The van der Waals surface area contributed by atoms with E-state index in [1.165, 1.54) is 54.9 Å².